The first-order valence-corrected chi connectivity index (χ1v) is 6.76. The molecule has 0 fully saturated rings. The first-order valence-electron chi connectivity index (χ1n) is 6.38. The zero-order valence-electron chi connectivity index (χ0n) is 11.5. The lowest BCUT2D eigenvalue weighted by atomic mass is 10.1. The van der Waals surface area contributed by atoms with Crippen LogP contribution in [-0.4, -0.2) is 38.5 Å². The molecule has 1 aromatic heterocycles. The predicted octanol–water partition coefficient (Wildman–Crippen LogP) is 1.11. The van der Waals surface area contributed by atoms with E-state index in [-0.39, 0.29) is 18.1 Å². The topological polar surface area (TPSA) is 87.4 Å². The van der Waals surface area contributed by atoms with E-state index in [1.165, 1.54) is 10.7 Å². The molecule has 21 heavy (non-hydrogen) atoms. The average molecular weight is 310 g/mol. The molecule has 3 N–H and O–H groups in total. The zero-order chi connectivity index (χ0) is 15.4. The molecule has 0 saturated carbocycles. The number of hydrogen-bond donors (Lipinski definition) is 3. The van der Waals surface area contributed by atoms with Crippen molar-refractivity contribution in [1.29, 1.82) is 0 Å². The number of hydrogen-bond acceptors (Lipinski definition) is 4. The molecular weight excluding hydrogens is 294 g/mol. The van der Waals surface area contributed by atoms with Crippen molar-refractivity contribution in [3.8, 4) is 5.75 Å². The standard InChI is InChI=1S/C14H16ClN3O3/c1-18-13(15)7-12(17-18)14(21)16-10(8-19)6-9-2-4-11(20)5-3-9/h2-5,7,10,19-20H,6,8H2,1H3,(H,16,21)/t10-/m0/s1. The third-order valence-electron chi connectivity index (χ3n) is 3.03. The quantitative estimate of drug-likeness (QED) is 0.772. The smallest absolute Gasteiger partial charge is 0.272 e. The van der Waals surface area contributed by atoms with Gasteiger partial charge in [-0.1, -0.05) is 23.7 Å². The highest BCUT2D eigenvalue weighted by molar-refractivity contribution is 6.29. The van der Waals surface area contributed by atoms with Crippen LogP contribution in [0.25, 0.3) is 0 Å². The Labute approximate surface area is 127 Å². The summed E-state index contributed by atoms with van der Waals surface area (Å²) in [6.45, 7) is -0.201. The molecule has 0 spiro atoms. The Morgan fingerprint density at radius 2 is 2.10 bits per heavy atom. The maximum atomic E-state index is 12.0. The van der Waals surface area contributed by atoms with Crippen LogP contribution in [0.5, 0.6) is 5.75 Å². The van der Waals surface area contributed by atoms with Gasteiger partial charge in [0.25, 0.3) is 5.91 Å². The van der Waals surface area contributed by atoms with Crippen LogP contribution in [-0.2, 0) is 13.5 Å². The number of aryl methyl sites for hydroxylation is 1. The number of halogens is 1. The van der Waals surface area contributed by atoms with E-state index in [4.69, 9.17) is 11.6 Å². The van der Waals surface area contributed by atoms with Crippen LogP contribution in [0.2, 0.25) is 5.15 Å². The second kappa shape index (κ2) is 6.60. The van der Waals surface area contributed by atoms with Crippen molar-refractivity contribution in [1.82, 2.24) is 15.1 Å². The minimum atomic E-state index is -0.442. The molecule has 6 nitrogen and oxygen atoms in total. The molecular formula is C14H16ClN3O3. The van der Waals surface area contributed by atoms with Gasteiger partial charge in [0.1, 0.15) is 10.9 Å². The molecule has 1 amide bonds. The number of nitrogens with one attached hydrogen (secondary N) is 1. The molecule has 1 aromatic carbocycles. The fraction of sp³-hybridized carbons (Fsp3) is 0.286. The van der Waals surface area contributed by atoms with Crippen molar-refractivity contribution >= 4 is 17.5 Å². The lowest BCUT2D eigenvalue weighted by molar-refractivity contribution is 0.0910. The van der Waals surface area contributed by atoms with E-state index in [2.05, 4.69) is 10.4 Å². The van der Waals surface area contributed by atoms with E-state index in [0.29, 0.717) is 11.6 Å². The van der Waals surface area contributed by atoms with E-state index in [0.717, 1.165) is 5.56 Å². The number of carbonyl (C=O) groups excluding carboxylic acids is 1. The Morgan fingerprint density at radius 1 is 1.43 bits per heavy atom. The summed E-state index contributed by atoms with van der Waals surface area (Å²) >= 11 is 5.84. The summed E-state index contributed by atoms with van der Waals surface area (Å²) < 4.78 is 1.39. The molecule has 0 radical (unpaired) electrons. The summed E-state index contributed by atoms with van der Waals surface area (Å²) in [6.07, 6.45) is 0.448. The van der Waals surface area contributed by atoms with Gasteiger partial charge in [-0.05, 0) is 24.1 Å². The molecule has 1 heterocycles. The monoisotopic (exact) mass is 309 g/mol. The fourth-order valence-corrected chi connectivity index (χ4v) is 2.03. The van der Waals surface area contributed by atoms with Crippen molar-refractivity contribution in [2.24, 2.45) is 7.05 Å². The normalized spacial score (nSPS) is 12.1. The molecule has 7 heteroatoms. The van der Waals surface area contributed by atoms with Crippen LogP contribution in [0.4, 0.5) is 0 Å². The molecule has 0 saturated heterocycles. The van der Waals surface area contributed by atoms with Crippen LogP contribution in [0, 0.1) is 0 Å². The number of phenolic OH excluding ortho intramolecular Hbond substituents is 1. The maximum absolute atomic E-state index is 12.0. The van der Waals surface area contributed by atoms with Crippen LogP contribution >= 0.6 is 11.6 Å². The summed E-state index contributed by atoms with van der Waals surface area (Å²) in [7, 11) is 1.64. The van der Waals surface area contributed by atoms with Crippen molar-refractivity contribution in [2.75, 3.05) is 6.61 Å². The first kappa shape index (κ1) is 15.3. The van der Waals surface area contributed by atoms with E-state index in [1.54, 1.807) is 31.3 Å². The van der Waals surface area contributed by atoms with Gasteiger partial charge in [-0.25, -0.2) is 0 Å². The molecule has 0 aliphatic rings. The molecule has 112 valence electrons. The fourth-order valence-electron chi connectivity index (χ4n) is 1.89. The van der Waals surface area contributed by atoms with Crippen molar-refractivity contribution in [3.05, 3.63) is 46.7 Å². The van der Waals surface area contributed by atoms with Gasteiger partial charge in [0.15, 0.2) is 5.69 Å². The van der Waals surface area contributed by atoms with Gasteiger partial charge >= 0.3 is 0 Å². The van der Waals surface area contributed by atoms with Crippen molar-refractivity contribution in [3.63, 3.8) is 0 Å². The highest BCUT2D eigenvalue weighted by Crippen LogP contribution is 2.12. The van der Waals surface area contributed by atoms with E-state index >= 15 is 0 Å². The largest absolute Gasteiger partial charge is 0.508 e. The van der Waals surface area contributed by atoms with Crippen LogP contribution in [0.15, 0.2) is 30.3 Å². The van der Waals surface area contributed by atoms with Crippen molar-refractivity contribution < 1.29 is 15.0 Å². The molecule has 0 bridgehead atoms. The molecule has 1 atom stereocenters. The number of nitrogens with zero attached hydrogens (tertiary/aromatic N) is 2. The lowest BCUT2D eigenvalue weighted by Gasteiger charge is -2.15. The summed E-state index contributed by atoms with van der Waals surface area (Å²) in [5, 5.41) is 25.6. The molecule has 0 aliphatic heterocycles. The maximum Gasteiger partial charge on any atom is 0.272 e. The summed E-state index contributed by atoms with van der Waals surface area (Å²) in [4.78, 5) is 12.0. The SMILES string of the molecule is Cn1nc(C(=O)N[C@H](CO)Cc2ccc(O)cc2)cc1Cl. The lowest BCUT2D eigenvalue weighted by Crippen LogP contribution is -2.39. The minimum Gasteiger partial charge on any atom is -0.508 e. The summed E-state index contributed by atoms with van der Waals surface area (Å²) in [6, 6.07) is 7.62. The van der Waals surface area contributed by atoms with Gasteiger partial charge < -0.3 is 15.5 Å². The van der Waals surface area contributed by atoms with E-state index in [1.807, 2.05) is 0 Å². The predicted molar refractivity (Wildman–Crippen MR) is 78.4 cm³/mol. The Hall–Kier alpha value is -2.05. The van der Waals surface area contributed by atoms with Gasteiger partial charge in [-0.15, -0.1) is 0 Å². The third-order valence-corrected chi connectivity index (χ3v) is 3.38. The average Bonchev–Trinajstić information content (AvgIpc) is 2.80. The molecule has 2 rings (SSSR count). The van der Waals surface area contributed by atoms with Crippen LogP contribution < -0.4 is 5.32 Å². The summed E-state index contributed by atoms with van der Waals surface area (Å²) in [5.41, 5.74) is 1.10. The Kier molecular flexibility index (Phi) is 4.82. The summed E-state index contributed by atoms with van der Waals surface area (Å²) in [5.74, 6) is -0.221. The Balaban J connectivity index is 2.01. The van der Waals surface area contributed by atoms with Crippen LogP contribution in [0.3, 0.4) is 0 Å². The second-order valence-corrected chi connectivity index (χ2v) is 5.09. The van der Waals surface area contributed by atoms with Crippen molar-refractivity contribution in [2.45, 2.75) is 12.5 Å². The number of aromatic nitrogens is 2. The number of benzene rings is 1. The number of aliphatic hydroxyl groups excluding tert-OH is 1. The van der Waals surface area contributed by atoms with Gasteiger partial charge in [0, 0.05) is 13.1 Å². The van der Waals surface area contributed by atoms with Gasteiger partial charge in [-0.2, -0.15) is 5.10 Å². The minimum absolute atomic E-state index is 0.173. The molecule has 2 aromatic rings. The van der Waals surface area contributed by atoms with Gasteiger partial charge in [0.2, 0.25) is 0 Å². The van der Waals surface area contributed by atoms with Gasteiger partial charge in [-0.3, -0.25) is 9.48 Å². The number of amides is 1. The van der Waals surface area contributed by atoms with Crippen LogP contribution in [0.1, 0.15) is 16.1 Å². The highest BCUT2D eigenvalue weighted by Gasteiger charge is 2.17. The Morgan fingerprint density at radius 3 is 2.62 bits per heavy atom. The Bertz CT molecular complexity index is 605. The third kappa shape index (κ3) is 3.96. The number of carbonyl (C=O) groups is 1. The number of rotatable bonds is 5. The van der Waals surface area contributed by atoms with E-state index in [9.17, 15) is 15.0 Å². The first-order chi connectivity index (χ1) is 9.99. The van der Waals surface area contributed by atoms with Gasteiger partial charge in [0.05, 0.1) is 12.6 Å². The molecule has 0 aliphatic carbocycles. The highest BCUT2D eigenvalue weighted by atomic mass is 35.5. The number of aliphatic hydroxyl groups is 1. The zero-order valence-corrected chi connectivity index (χ0v) is 12.2. The number of phenols is 1. The van der Waals surface area contributed by atoms with E-state index < -0.39 is 11.9 Å². The molecule has 0 unspecified atom stereocenters. The number of aromatic hydroxyl groups is 1. The second-order valence-electron chi connectivity index (χ2n) is 4.70.